The van der Waals surface area contributed by atoms with Crippen molar-refractivity contribution < 1.29 is 0 Å². The van der Waals surface area contributed by atoms with Crippen molar-refractivity contribution in [2.24, 2.45) is 0 Å². The normalized spacial score (nSPS) is 7.08. The van der Waals surface area contributed by atoms with Crippen LogP contribution in [0, 0.1) is 0 Å². The molecule has 70 valence electrons. The summed E-state index contributed by atoms with van der Waals surface area (Å²) >= 11 is 1.77. The molecule has 12 heavy (non-hydrogen) atoms. The second-order valence-electron chi connectivity index (χ2n) is 1.52. The minimum atomic E-state index is 1.33. The van der Waals surface area contributed by atoms with Gasteiger partial charge in [-0.2, -0.15) is 0 Å². The highest BCUT2D eigenvalue weighted by molar-refractivity contribution is 7.98. The molecule has 0 unspecified atom stereocenters. The van der Waals surface area contributed by atoms with Gasteiger partial charge in [0.2, 0.25) is 0 Å². The quantitative estimate of drug-likeness (QED) is 0.581. The Bertz CT molecular complexity index is 146. The Balaban J connectivity index is 0. The Kier molecular flexibility index (Phi) is 15.5. The first kappa shape index (κ1) is 14.1. The Labute approximate surface area is 81.4 Å². The second-order valence-corrected chi connectivity index (χ2v) is 2.40. The van der Waals surface area contributed by atoms with Crippen LogP contribution < -0.4 is 0 Å². The lowest BCUT2D eigenvalue weighted by Crippen LogP contribution is -1.62. The molecule has 1 heteroatoms. The van der Waals surface area contributed by atoms with Crippen LogP contribution in [0.25, 0.3) is 0 Å². The van der Waals surface area contributed by atoms with Gasteiger partial charge >= 0.3 is 0 Å². The monoisotopic (exact) mass is 184 g/mol. The van der Waals surface area contributed by atoms with Crippen LogP contribution >= 0.6 is 11.8 Å². The summed E-state index contributed by atoms with van der Waals surface area (Å²) in [6, 6.07) is 10.3. The van der Waals surface area contributed by atoms with E-state index in [-0.39, 0.29) is 0 Å². The molecule has 0 heterocycles. The molecule has 0 saturated heterocycles. The average Bonchev–Trinajstić information content (AvgIpc) is 2.25. The zero-order valence-electron chi connectivity index (χ0n) is 8.79. The van der Waals surface area contributed by atoms with Gasteiger partial charge in [-0.05, 0) is 18.4 Å². The molecule has 0 aliphatic rings. The SMILES string of the molecule is CC.CC.CSc1ccccc1. The molecular formula is C11H20S. The van der Waals surface area contributed by atoms with Gasteiger partial charge < -0.3 is 0 Å². The fourth-order valence-corrected chi connectivity index (χ4v) is 0.986. The van der Waals surface area contributed by atoms with Crippen LogP contribution in [0.2, 0.25) is 0 Å². The minimum absolute atomic E-state index is 1.33. The van der Waals surface area contributed by atoms with Gasteiger partial charge in [0, 0.05) is 4.90 Å². The maximum absolute atomic E-state index is 2.10. The number of benzene rings is 1. The van der Waals surface area contributed by atoms with Gasteiger partial charge in [0.15, 0.2) is 0 Å². The van der Waals surface area contributed by atoms with E-state index in [0.29, 0.717) is 0 Å². The van der Waals surface area contributed by atoms with Crippen LogP contribution in [-0.4, -0.2) is 6.26 Å². The molecule has 0 amide bonds. The molecule has 0 atom stereocenters. The van der Waals surface area contributed by atoms with E-state index in [0.717, 1.165) is 0 Å². The number of hydrogen-bond donors (Lipinski definition) is 0. The molecule has 0 nitrogen and oxygen atoms in total. The van der Waals surface area contributed by atoms with Crippen LogP contribution in [0.3, 0.4) is 0 Å². The molecule has 0 saturated carbocycles. The number of rotatable bonds is 1. The van der Waals surface area contributed by atoms with Crippen LogP contribution in [0.4, 0.5) is 0 Å². The smallest absolute Gasteiger partial charge is 0.00691 e. The van der Waals surface area contributed by atoms with E-state index in [1.807, 2.05) is 45.9 Å². The van der Waals surface area contributed by atoms with Crippen LogP contribution in [0.5, 0.6) is 0 Å². The summed E-state index contributed by atoms with van der Waals surface area (Å²) < 4.78 is 0. The van der Waals surface area contributed by atoms with E-state index in [2.05, 4.69) is 18.4 Å². The molecule has 1 aromatic rings. The van der Waals surface area contributed by atoms with Crippen molar-refractivity contribution in [2.75, 3.05) is 6.26 Å². The summed E-state index contributed by atoms with van der Waals surface area (Å²) in [5.41, 5.74) is 0. The molecule has 1 rings (SSSR count). The Hall–Kier alpha value is -0.430. The van der Waals surface area contributed by atoms with Crippen LogP contribution in [0.1, 0.15) is 27.7 Å². The molecule has 0 aliphatic carbocycles. The van der Waals surface area contributed by atoms with Crippen molar-refractivity contribution in [2.45, 2.75) is 32.6 Å². The summed E-state index contributed by atoms with van der Waals surface area (Å²) in [5, 5.41) is 0. The first-order valence-electron chi connectivity index (χ1n) is 4.52. The molecule has 0 aromatic heterocycles. The summed E-state index contributed by atoms with van der Waals surface area (Å²) in [4.78, 5) is 1.33. The van der Waals surface area contributed by atoms with Crippen molar-refractivity contribution in [3.8, 4) is 0 Å². The molecule has 0 aliphatic heterocycles. The van der Waals surface area contributed by atoms with Gasteiger partial charge in [0.1, 0.15) is 0 Å². The zero-order valence-corrected chi connectivity index (χ0v) is 9.61. The van der Waals surface area contributed by atoms with Gasteiger partial charge in [0.05, 0.1) is 0 Å². The average molecular weight is 184 g/mol. The first-order chi connectivity index (χ1) is 5.93. The van der Waals surface area contributed by atoms with Crippen LogP contribution in [-0.2, 0) is 0 Å². The second kappa shape index (κ2) is 13.2. The van der Waals surface area contributed by atoms with Gasteiger partial charge in [0.25, 0.3) is 0 Å². The maximum atomic E-state index is 2.10. The highest BCUT2D eigenvalue weighted by Gasteiger charge is 1.80. The van der Waals surface area contributed by atoms with E-state index in [9.17, 15) is 0 Å². The Morgan fingerprint density at radius 3 is 1.50 bits per heavy atom. The van der Waals surface area contributed by atoms with Crippen molar-refractivity contribution in [1.82, 2.24) is 0 Å². The largest absolute Gasteiger partial charge is 0.130 e. The third kappa shape index (κ3) is 7.67. The third-order valence-electron chi connectivity index (χ3n) is 0.979. The lowest BCUT2D eigenvalue weighted by Gasteiger charge is -1.89. The predicted octanol–water partition coefficient (Wildman–Crippen LogP) is 4.46. The van der Waals surface area contributed by atoms with Crippen molar-refractivity contribution in [3.05, 3.63) is 30.3 Å². The standard InChI is InChI=1S/C7H8S.2C2H6/c1-8-7-5-3-2-4-6-7;2*1-2/h2-6H,1H3;2*1-2H3. The molecule has 0 bridgehead atoms. The van der Waals surface area contributed by atoms with Crippen molar-refractivity contribution in [1.29, 1.82) is 0 Å². The van der Waals surface area contributed by atoms with E-state index >= 15 is 0 Å². The van der Waals surface area contributed by atoms with Crippen LogP contribution in [0.15, 0.2) is 35.2 Å². The highest BCUT2D eigenvalue weighted by Crippen LogP contribution is 2.11. The van der Waals surface area contributed by atoms with E-state index in [1.54, 1.807) is 11.8 Å². The summed E-state index contributed by atoms with van der Waals surface area (Å²) in [6.07, 6.45) is 2.08. The van der Waals surface area contributed by atoms with Gasteiger partial charge in [-0.25, -0.2) is 0 Å². The predicted molar refractivity (Wildman–Crippen MR) is 60.9 cm³/mol. The van der Waals surface area contributed by atoms with E-state index in [1.165, 1.54) is 4.90 Å². The lowest BCUT2D eigenvalue weighted by atomic mass is 10.4. The van der Waals surface area contributed by atoms with E-state index in [4.69, 9.17) is 0 Å². The Morgan fingerprint density at radius 2 is 1.25 bits per heavy atom. The molecule has 1 aromatic carbocycles. The summed E-state index contributed by atoms with van der Waals surface area (Å²) in [6.45, 7) is 8.00. The summed E-state index contributed by atoms with van der Waals surface area (Å²) in [5.74, 6) is 0. The molecule has 0 N–H and O–H groups in total. The Morgan fingerprint density at radius 1 is 0.833 bits per heavy atom. The molecule has 0 fully saturated rings. The van der Waals surface area contributed by atoms with Gasteiger partial charge in [-0.15, -0.1) is 11.8 Å². The minimum Gasteiger partial charge on any atom is -0.130 e. The van der Waals surface area contributed by atoms with E-state index < -0.39 is 0 Å². The van der Waals surface area contributed by atoms with Crippen molar-refractivity contribution in [3.63, 3.8) is 0 Å². The maximum Gasteiger partial charge on any atom is 0.00691 e. The van der Waals surface area contributed by atoms with Gasteiger partial charge in [-0.3, -0.25) is 0 Å². The fraction of sp³-hybridized carbons (Fsp3) is 0.455. The highest BCUT2D eigenvalue weighted by atomic mass is 32.2. The fourth-order valence-electron chi connectivity index (χ4n) is 0.557. The number of hydrogen-bond acceptors (Lipinski definition) is 1. The topological polar surface area (TPSA) is 0 Å². The molecule has 0 radical (unpaired) electrons. The summed E-state index contributed by atoms with van der Waals surface area (Å²) in [7, 11) is 0. The number of thioether (sulfide) groups is 1. The molecular weight excluding hydrogens is 164 g/mol. The third-order valence-corrected chi connectivity index (χ3v) is 1.72. The lowest BCUT2D eigenvalue weighted by molar-refractivity contribution is 1.47. The zero-order chi connectivity index (χ0) is 9.82. The van der Waals surface area contributed by atoms with Crippen molar-refractivity contribution >= 4 is 11.8 Å². The molecule has 0 spiro atoms. The first-order valence-corrected chi connectivity index (χ1v) is 5.75. The van der Waals surface area contributed by atoms with Gasteiger partial charge in [-0.1, -0.05) is 45.9 Å².